The van der Waals surface area contributed by atoms with Crippen LogP contribution in [0.15, 0.2) is 42.5 Å². The van der Waals surface area contributed by atoms with E-state index in [9.17, 15) is 4.79 Å². The number of ether oxygens (including phenoxy) is 3. The largest absolute Gasteiger partial charge is 0.493 e. The quantitative estimate of drug-likeness (QED) is 0.585. The fourth-order valence-corrected chi connectivity index (χ4v) is 5.73. The summed E-state index contributed by atoms with van der Waals surface area (Å²) in [7, 11) is 1.67. The smallest absolute Gasteiger partial charge is 0.220 e. The minimum atomic E-state index is -0.0921. The molecule has 0 aromatic heterocycles. The summed E-state index contributed by atoms with van der Waals surface area (Å²) in [6.07, 6.45) is 2.44. The standard InChI is InChI=1S/C28H38N2O4/c1-5-25(31)29-26-21-10-8-9-11-22(21)28(27(26)34-7-3)14-16-30(17-15-28)19-20-12-13-23(32-4)24(18-20)33-6-2/h8-13,18,26-27H,5-7,14-17,19H2,1-4H3,(H,29,31)/t26-,27+/m1/s1. The Labute approximate surface area is 203 Å². The van der Waals surface area contributed by atoms with E-state index in [-0.39, 0.29) is 23.5 Å². The van der Waals surface area contributed by atoms with E-state index in [1.54, 1.807) is 7.11 Å². The summed E-state index contributed by atoms with van der Waals surface area (Å²) in [5, 5.41) is 3.27. The van der Waals surface area contributed by atoms with Gasteiger partial charge in [-0.2, -0.15) is 0 Å². The number of carbonyl (C=O) groups is 1. The first-order valence-electron chi connectivity index (χ1n) is 12.6. The normalized spacial score (nSPS) is 21.3. The lowest BCUT2D eigenvalue weighted by atomic mass is 9.71. The number of hydrogen-bond acceptors (Lipinski definition) is 5. The molecule has 1 heterocycles. The second kappa shape index (κ2) is 10.8. The zero-order valence-corrected chi connectivity index (χ0v) is 20.9. The Bertz CT molecular complexity index is 984. The van der Waals surface area contributed by atoms with Gasteiger partial charge in [0, 0.05) is 25.0 Å². The van der Waals surface area contributed by atoms with Crippen LogP contribution in [0.3, 0.4) is 0 Å². The molecule has 6 heteroatoms. The van der Waals surface area contributed by atoms with Gasteiger partial charge in [-0.25, -0.2) is 0 Å². The van der Waals surface area contributed by atoms with Gasteiger partial charge in [0.2, 0.25) is 5.91 Å². The predicted molar refractivity (Wildman–Crippen MR) is 133 cm³/mol. The number of methoxy groups -OCH3 is 1. The predicted octanol–water partition coefficient (Wildman–Crippen LogP) is 4.61. The van der Waals surface area contributed by atoms with Crippen LogP contribution in [0, 0.1) is 0 Å². The number of carbonyl (C=O) groups excluding carboxylic acids is 1. The first kappa shape index (κ1) is 24.6. The van der Waals surface area contributed by atoms with Gasteiger partial charge in [0.15, 0.2) is 11.5 Å². The molecule has 0 bridgehead atoms. The molecule has 184 valence electrons. The van der Waals surface area contributed by atoms with Crippen molar-refractivity contribution in [3.05, 3.63) is 59.2 Å². The van der Waals surface area contributed by atoms with Gasteiger partial charge >= 0.3 is 0 Å². The van der Waals surface area contributed by atoms with Crippen LogP contribution in [-0.2, 0) is 21.5 Å². The fourth-order valence-electron chi connectivity index (χ4n) is 5.73. The summed E-state index contributed by atoms with van der Waals surface area (Å²) in [6.45, 7) is 10.00. The van der Waals surface area contributed by atoms with Crippen LogP contribution >= 0.6 is 0 Å². The summed E-state index contributed by atoms with van der Waals surface area (Å²) in [5.41, 5.74) is 3.71. The van der Waals surface area contributed by atoms with Crippen molar-refractivity contribution in [2.24, 2.45) is 0 Å². The summed E-state index contributed by atoms with van der Waals surface area (Å²) in [5.74, 6) is 1.64. The molecule has 34 heavy (non-hydrogen) atoms. The highest BCUT2D eigenvalue weighted by atomic mass is 16.5. The van der Waals surface area contributed by atoms with Crippen LogP contribution in [0.5, 0.6) is 11.5 Å². The van der Waals surface area contributed by atoms with Crippen molar-refractivity contribution in [3.8, 4) is 11.5 Å². The highest BCUT2D eigenvalue weighted by Crippen LogP contribution is 2.52. The molecule has 6 nitrogen and oxygen atoms in total. The minimum absolute atomic E-state index is 0.0434. The summed E-state index contributed by atoms with van der Waals surface area (Å²) in [6, 6.07) is 14.7. The van der Waals surface area contributed by atoms with Crippen molar-refractivity contribution in [1.29, 1.82) is 0 Å². The van der Waals surface area contributed by atoms with E-state index in [0.717, 1.165) is 44.0 Å². The van der Waals surface area contributed by atoms with Gasteiger partial charge in [-0.3, -0.25) is 9.69 Å². The van der Waals surface area contributed by atoms with Gasteiger partial charge < -0.3 is 19.5 Å². The molecule has 1 spiro atoms. The lowest BCUT2D eigenvalue weighted by Gasteiger charge is -2.44. The van der Waals surface area contributed by atoms with Crippen LogP contribution in [0.2, 0.25) is 0 Å². The Balaban J connectivity index is 1.54. The lowest BCUT2D eigenvalue weighted by molar-refractivity contribution is -0.123. The maximum Gasteiger partial charge on any atom is 0.220 e. The van der Waals surface area contributed by atoms with E-state index in [1.165, 1.54) is 16.7 Å². The number of piperidine rings is 1. The third-order valence-corrected chi connectivity index (χ3v) is 7.35. The highest BCUT2D eigenvalue weighted by Gasteiger charge is 2.54. The molecule has 0 saturated carbocycles. The second-order valence-corrected chi connectivity index (χ2v) is 9.21. The van der Waals surface area contributed by atoms with Gasteiger partial charge in [-0.1, -0.05) is 37.3 Å². The van der Waals surface area contributed by atoms with Crippen molar-refractivity contribution in [2.75, 3.05) is 33.4 Å². The molecule has 2 aliphatic rings. The van der Waals surface area contributed by atoms with Crippen molar-refractivity contribution in [2.45, 2.75) is 64.1 Å². The number of nitrogens with one attached hydrogen (secondary N) is 1. The van der Waals surface area contributed by atoms with E-state index in [2.05, 4.69) is 46.6 Å². The van der Waals surface area contributed by atoms with Gasteiger partial charge in [0.25, 0.3) is 0 Å². The second-order valence-electron chi connectivity index (χ2n) is 9.21. The lowest BCUT2D eigenvalue weighted by Crippen LogP contribution is -2.50. The molecular formula is C28H38N2O4. The van der Waals surface area contributed by atoms with E-state index < -0.39 is 0 Å². The fraction of sp³-hybridized carbons (Fsp3) is 0.536. The number of amides is 1. The molecule has 1 saturated heterocycles. The SMILES string of the molecule is CCOc1cc(CN2CCC3(CC2)c2ccccc2[C@@H](NC(=O)CC)[C@@H]3OCC)ccc1OC. The van der Waals surface area contributed by atoms with E-state index in [1.807, 2.05) is 26.8 Å². The van der Waals surface area contributed by atoms with Crippen LogP contribution in [0.4, 0.5) is 0 Å². The number of nitrogens with zero attached hydrogens (tertiary/aromatic N) is 1. The number of fused-ring (bicyclic) bond motifs is 2. The van der Waals surface area contributed by atoms with Gasteiger partial charge in [-0.15, -0.1) is 0 Å². The molecular weight excluding hydrogens is 428 g/mol. The third kappa shape index (κ3) is 4.66. The molecule has 1 N–H and O–H groups in total. The van der Waals surface area contributed by atoms with Crippen LogP contribution in [-0.4, -0.2) is 50.3 Å². The molecule has 0 unspecified atom stereocenters. The molecule has 2 atom stereocenters. The molecule has 1 amide bonds. The van der Waals surface area contributed by atoms with Crippen LogP contribution < -0.4 is 14.8 Å². The Morgan fingerprint density at radius 3 is 2.50 bits per heavy atom. The van der Waals surface area contributed by atoms with Crippen molar-refractivity contribution in [3.63, 3.8) is 0 Å². The van der Waals surface area contributed by atoms with E-state index >= 15 is 0 Å². The summed E-state index contributed by atoms with van der Waals surface area (Å²) in [4.78, 5) is 14.9. The third-order valence-electron chi connectivity index (χ3n) is 7.35. The number of hydrogen-bond donors (Lipinski definition) is 1. The molecule has 1 aliphatic carbocycles. The average molecular weight is 467 g/mol. The monoisotopic (exact) mass is 466 g/mol. The molecule has 1 fully saturated rings. The van der Waals surface area contributed by atoms with Gasteiger partial charge in [0.1, 0.15) is 0 Å². The van der Waals surface area contributed by atoms with E-state index in [4.69, 9.17) is 14.2 Å². The van der Waals surface area contributed by atoms with E-state index in [0.29, 0.717) is 19.6 Å². The zero-order chi connectivity index (χ0) is 24.1. The Hall–Kier alpha value is -2.57. The maximum atomic E-state index is 12.4. The first-order chi connectivity index (χ1) is 16.6. The topological polar surface area (TPSA) is 60.0 Å². The Morgan fingerprint density at radius 2 is 1.82 bits per heavy atom. The van der Waals surface area contributed by atoms with Crippen molar-refractivity contribution < 1.29 is 19.0 Å². The van der Waals surface area contributed by atoms with Gasteiger partial charge in [0.05, 0.1) is 25.9 Å². The average Bonchev–Trinajstić information content (AvgIpc) is 3.10. The molecule has 0 radical (unpaired) electrons. The summed E-state index contributed by atoms with van der Waals surface area (Å²) >= 11 is 0. The first-order valence-corrected chi connectivity index (χ1v) is 12.6. The highest BCUT2D eigenvalue weighted by molar-refractivity contribution is 5.76. The molecule has 4 rings (SSSR count). The van der Waals surface area contributed by atoms with Crippen molar-refractivity contribution >= 4 is 5.91 Å². The van der Waals surface area contributed by atoms with Crippen LogP contribution in [0.25, 0.3) is 0 Å². The molecule has 2 aromatic carbocycles. The maximum absolute atomic E-state index is 12.4. The van der Waals surface area contributed by atoms with Gasteiger partial charge in [-0.05, 0) is 68.6 Å². The number of benzene rings is 2. The number of rotatable bonds is 9. The van der Waals surface area contributed by atoms with Crippen molar-refractivity contribution in [1.82, 2.24) is 10.2 Å². The van der Waals surface area contributed by atoms with Crippen LogP contribution in [0.1, 0.15) is 62.8 Å². The Morgan fingerprint density at radius 1 is 1.06 bits per heavy atom. The zero-order valence-electron chi connectivity index (χ0n) is 20.9. The molecule has 2 aromatic rings. The minimum Gasteiger partial charge on any atom is -0.493 e. The molecule has 1 aliphatic heterocycles. The number of likely N-dealkylation sites (tertiary alicyclic amines) is 1. The summed E-state index contributed by atoms with van der Waals surface area (Å²) < 4.78 is 17.6. The Kier molecular flexibility index (Phi) is 7.79.